The maximum Gasteiger partial charge on any atom is -0.000179 e. The molecule has 0 radical (unpaired) electrons. The zero-order chi connectivity index (χ0) is 12.5. The molecule has 0 spiro atoms. The molecule has 2 rings (SSSR count). The zero-order valence-electron chi connectivity index (χ0n) is 11.3. The van der Waals surface area contributed by atoms with Gasteiger partial charge in [-0.2, -0.15) is 0 Å². The minimum absolute atomic E-state index is 0.222. The number of fused-ring (bicyclic) bond motifs is 1. The third-order valence-corrected chi connectivity index (χ3v) is 3.70. The van der Waals surface area contributed by atoms with Crippen LogP contribution in [0.25, 0.3) is 0 Å². The summed E-state index contributed by atoms with van der Waals surface area (Å²) in [6, 6.07) is 8.87. The Balaban J connectivity index is 2.59. The van der Waals surface area contributed by atoms with E-state index in [2.05, 4.69) is 70.2 Å². The summed E-state index contributed by atoms with van der Waals surface area (Å²) in [6.45, 7) is 9.15. The van der Waals surface area contributed by atoms with Crippen LogP contribution in [0.15, 0.2) is 48.1 Å². The molecule has 0 bridgehead atoms. The standard InChI is InChI=1S/C17H22/c1-13-8-7-11-17(3,4)16-10-6-5-9-15(16)14(2)12-13/h5-10,12,14H,11H2,1-4H3/b8-7-,13-12?. The summed E-state index contributed by atoms with van der Waals surface area (Å²) < 4.78 is 0. The molecule has 17 heavy (non-hydrogen) atoms. The van der Waals surface area contributed by atoms with Gasteiger partial charge in [0.05, 0.1) is 0 Å². The molecule has 0 saturated heterocycles. The summed E-state index contributed by atoms with van der Waals surface area (Å²) >= 11 is 0. The molecule has 0 heteroatoms. The molecule has 0 aromatic heterocycles. The van der Waals surface area contributed by atoms with E-state index in [1.165, 1.54) is 16.7 Å². The summed E-state index contributed by atoms with van der Waals surface area (Å²) in [4.78, 5) is 0. The van der Waals surface area contributed by atoms with Crippen molar-refractivity contribution >= 4 is 0 Å². The molecule has 1 aliphatic rings. The second-order valence-corrected chi connectivity index (χ2v) is 5.78. The molecule has 90 valence electrons. The number of rotatable bonds is 0. The van der Waals surface area contributed by atoms with E-state index in [0.29, 0.717) is 5.92 Å². The van der Waals surface area contributed by atoms with Gasteiger partial charge in [0.2, 0.25) is 0 Å². The van der Waals surface area contributed by atoms with Crippen LogP contribution in [0, 0.1) is 0 Å². The molecule has 1 aliphatic carbocycles. The van der Waals surface area contributed by atoms with Gasteiger partial charge in [-0.3, -0.25) is 0 Å². The van der Waals surface area contributed by atoms with Gasteiger partial charge in [0, 0.05) is 0 Å². The lowest BCUT2D eigenvalue weighted by Crippen LogP contribution is -2.18. The summed E-state index contributed by atoms with van der Waals surface area (Å²) in [6.07, 6.45) is 8.02. The van der Waals surface area contributed by atoms with Gasteiger partial charge in [-0.15, -0.1) is 0 Å². The highest BCUT2D eigenvalue weighted by Crippen LogP contribution is 2.35. The summed E-state index contributed by atoms with van der Waals surface area (Å²) in [5.74, 6) is 0.494. The van der Waals surface area contributed by atoms with E-state index in [9.17, 15) is 0 Å². The summed E-state index contributed by atoms with van der Waals surface area (Å²) in [5, 5.41) is 0. The Hall–Kier alpha value is -1.30. The maximum absolute atomic E-state index is 2.36. The molecule has 0 aliphatic heterocycles. The minimum atomic E-state index is 0.222. The molecule has 1 aromatic carbocycles. The zero-order valence-corrected chi connectivity index (χ0v) is 11.3. The van der Waals surface area contributed by atoms with Crippen molar-refractivity contribution in [1.82, 2.24) is 0 Å². The fourth-order valence-corrected chi connectivity index (χ4v) is 2.70. The van der Waals surface area contributed by atoms with Crippen molar-refractivity contribution in [2.45, 2.75) is 45.4 Å². The van der Waals surface area contributed by atoms with Crippen molar-refractivity contribution in [3.63, 3.8) is 0 Å². The number of benzene rings is 1. The predicted molar refractivity (Wildman–Crippen MR) is 75.4 cm³/mol. The van der Waals surface area contributed by atoms with E-state index in [0.717, 1.165) is 6.42 Å². The molecule has 0 saturated carbocycles. The molecular weight excluding hydrogens is 204 g/mol. The topological polar surface area (TPSA) is 0 Å². The Labute approximate surface area is 105 Å². The Bertz CT molecular complexity index is 461. The number of hydrogen-bond acceptors (Lipinski definition) is 0. The van der Waals surface area contributed by atoms with Crippen LogP contribution in [0.3, 0.4) is 0 Å². The van der Waals surface area contributed by atoms with Crippen LogP contribution in [-0.4, -0.2) is 0 Å². The van der Waals surface area contributed by atoms with Crippen molar-refractivity contribution in [3.8, 4) is 0 Å². The normalized spacial score (nSPS) is 24.9. The monoisotopic (exact) mass is 226 g/mol. The first-order valence-electron chi connectivity index (χ1n) is 6.45. The van der Waals surface area contributed by atoms with Crippen molar-refractivity contribution in [2.24, 2.45) is 0 Å². The molecule has 0 amide bonds. The lowest BCUT2D eigenvalue weighted by molar-refractivity contribution is 0.527. The van der Waals surface area contributed by atoms with Crippen LogP contribution in [0.4, 0.5) is 0 Å². The number of allylic oxidation sites excluding steroid dienone is 4. The molecule has 0 N–H and O–H groups in total. The van der Waals surface area contributed by atoms with Crippen LogP contribution in [0.1, 0.15) is 51.2 Å². The van der Waals surface area contributed by atoms with E-state index in [-0.39, 0.29) is 5.41 Å². The van der Waals surface area contributed by atoms with Gasteiger partial charge in [0.1, 0.15) is 0 Å². The molecule has 1 atom stereocenters. The molecular formula is C17H22. The van der Waals surface area contributed by atoms with Crippen LogP contribution in [0.5, 0.6) is 0 Å². The van der Waals surface area contributed by atoms with E-state index < -0.39 is 0 Å². The van der Waals surface area contributed by atoms with Gasteiger partial charge in [-0.25, -0.2) is 0 Å². The van der Waals surface area contributed by atoms with Crippen LogP contribution < -0.4 is 0 Å². The molecule has 1 aromatic rings. The quantitative estimate of drug-likeness (QED) is 0.585. The van der Waals surface area contributed by atoms with E-state index in [1.807, 2.05) is 0 Å². The first-order valence-corrected chi connectivity index (χ1v) is 6.45. The van der Waals surface area contributed by atoms with Crippen LogP contribution >= 0.6 is 0 Å². The third-order valence-electron chi connectivity index (χ3n) is 3.70. The van der Waals surface area contributed by atoms with Crippen molar-refractivity contribution < 1.29 is 0 Å². The Morgan fingerprint density at radius 2 is 1.88 bits per heavy atom. The van der Waals surface area contributed by atoms with Gasteiger partial charge in [0.15, 0.2) is 0 Å². The summed E-state index contributed by atoms with van der Waals surface area (Å²) in [5.41, 5.74) is 4.55. The second kappa shape index (κ2) is 4.52. The van der Waals surface area contributed by atoms with E-state index >= 15 is 0 Å². The third kappa shape index (κ3) is 2.52. The fraction of sp³-hybridized carbons (Fsp3) is 0.412. The number of hydrogen-bond donors (Lipinski definition) is 0. The Morgan fingerprint density at radius 3 is 2.65 bits per heavy atom. The predicted octanol–water partition coefficient (Wildman–Crippen LogP) is 4.97. The van der Waals surface area contributed by atoms with E-state index in [1.54, 1.807) is 0 Å². The maximum atomic E-state index is 2.36. The SMILES string of the molecule is CC1=CC(C)c2ccccc2C(C)(C)C/C=C\1. The lowest BCUT2D eigenvalue weighted by atomic mass is 9.77. The highest BCUT2D eigenvalue weighted by molar-refractivity contribution is 5.40. The van der Waals surface area contributed by atoms with Gasteiger partial charge >= 0.3 is 0 Å². The largest absolute Gasteiger partial charge is 0.0834 e. The highest BCUT2D eigenvalue weighted by atomic mass is 14.3. The molecule has 0 nitrogen and oxygen atoms in total. The Morgan fingerprint density at radius 1 is 1.18 bits per heavy atom. The molecule has 1 unspecified atom stereocenters. The highest BCUT2D eigenvalue weighted by Gasteiger charge is 2.24. The minimum Gasteiger partial charge on any atom is -0.0834 e. The van der Waals surface area contributed by atoms with Crippen molar-refractivity contribution in [2.75, 3.05) is 0 Å². The van der Waals surface area contributed by atoms with Crippen LogP contribution in [0.2, 0.25) is 0 Å². The average molecular weight is 226 g/mol. The second-order valence-electron chi connectivity index (χ2n) is 5.78. The van der Waals surface area contributed by atoms with Crippen molar-refractivity contribution in [3.05, 3.63) is 59.2 Å². The van der Waals surface area contributed by atoms with E-state index in [4.69, 9.17) is 0 Å². The summed E-state index contributed by atoms with van der Waals surface area (Å²) in [7, 11) is 0. The smallest absolute Gasteiger partial charge is 0.000179 e. The van der Waals surface area contributed by atoms with Gasteiger partial charge < -0.3 is 0 Å². The molecule has 0 heterocycles. The fourth-order valence-electron chi connectivity index (χ4n) is 2.70. The first-order chi connectivity index (χ1) is 8.00. The Kier molecular flexibility index (Phi) is 3.24. The molecule has 0 fully saturated rings. The lowest BCUT2D eigenvalue weighted by Gasteiger charge is -2.27. The average Bonchev–Trinajstić information content (AvgIpc) is 2.31. The van der Waals surface area contributed by atoms with Crippen LogP contribution in [-0.2, 0) is 5.41 Å². The van der Waals surface area contributed by atoms with Gasteiger partial charge in [-0.1, -0.05) is 68.8 Å². The van der Waals surface area contributed by atoms with Crippen molar-refractivity contribution in [1.29, 1.82) is 0 Å². The van der Waals surface area contributed by atoms with Gasteiger partial charge in [0.25, 0.3) is 0 Å². The van der Waals surface area contributed by atoms with Gasteiger partial charge in [-0.05, 0) is 35.8 Å². The first kappa shape index (κ1) is 12.2.